The molecule has 0 aliphatic carbocycles. The van der Waals surface area contributed by atoms with Crippen LogP contribution in [0, 0.1) is 0 Å². The first-order valence-electron chi connectivity index (χ1n) is 6.50. The van der Waals surface area contributed by atoms with Crippen molar-refractivity contribution in [1.29, 1.82) is 0 Å². The molecule has 1 aromatic carbocycles. The molecule has 3 rings (SSSR count). The van der Waals surface area contributed by atoms with E-state index in [4.69, 9.17) is 0 Å². The van der Waals surface area contributed by atoms with E-state index in [9.17, 15) is 9.59 Å². The fourth-order valence-electron chi connectivity index (χ4n) is 2.20. The van der Waals surface area contributed by atoms with Crippen molar-refractivity contribution in [1.82, 2.24) is 9.36 Å². The maximum absolute atomic E-state index is 12.1. The van der Waals surface area contributed by atoms with Crippen molar-refractivity contribution in [2.24, 2.45) is 0 Å². The molecule has 108 valence electrons. The second-order valence-corrected chi connectivity index (χ2v) is 6.91. The summed E-state index contributed by atoms with van der Waals surface area (Å²) < 4.78 is 4.31. The van der Waals surface area contributed by atoms with Gasteiger partial charge in [-0.3, -0.25) is 14.5 Å². The van der Waals surface area contributed by atoms with Crippen LogP contribution < -0.4 is 4.90 Å². The molecule has 5 nitrogen and oxygen atoms in total. The summed E-state index contributed by atoms with van der Waals surface area (Å²) in [5, 5.41) is 0.654. The lowest BCUT2D eigenvalue weighted by molar-refractivity contribution is -0.117. The van der Waals surface area contributed by atoms with Crippen LogP contribution in [0.2, 0.25) is 0 Å². The Labute approximate surface area is 130 Å². The van der Waals surface area contributed by atoms with E-state index in [1.807, 2.05) is 30.3 Å². The zero-order valence-corrected chi connectivity index (χ0v) is 13.0. The minimum Gasteiger partial charge on any atom is -0.288 e. The number of anilines is 1. The molecular weight excluding hydrogens is 306 g/mol. The number of aromatic nitrogens is 2. The molecule has 1 amide bonds. The van der Waals surface area contributed by atoms with E-state index in [-0.39, 0.29) is 16.3 Å². The quantitative estimate of drug-likeness (QED) is 0.870. The summed E-state index contributed by atoms with van der Waals surface area (Å²) in [4.78, 5) is 29.3. The van der Waals surface area contributed by atoms with Crippen LogP contribution >= 0.6 is 23.3 Å². The fraction of sp³-hybridized carbons (Fsp3) is 0.286. The van der Waals surface area contributed by atoms with Gasteiger partial charge in [0.15, 0.2) is 10.9 Å². The summed E-state index contributed by atoms with van der Waals surface area (Å²) in [6.45, 7) is 2.04. The monoisotopic (exact) mass is 319 g/mol. The van der Waals surface area contributed by atoms with Gasteiger partial charge in [0.1, 0.15) is 0 Å². The molecule has 0 radical (unpaired) electrons. The average Bonchev–Trinajstić information content (AvgIpc) is 3.06. The number of hydrogen-bond acceptors (Lipinski definition) is 6. The van der Waals surface area contributed by atoms with Crippen LogP contribution in [-0.4, -0.2) is 32.2 Å². The van der Waals surface area contributed by atoms with Crippen molar-refractivity contribution in [3.05, 3.63) is 30.3 Å². The Morgan fingerprint density at radius 2 is 2.14 bits per heavy atom. The first-order chi connectivity index (χ1) is 10.1. The Morgan fingerprint density at radius 1 is 1.38 bits per heavy atom. The van der Waals surface area contributed by atoms with Crippen LogP contribution in [0.4, 0.5) is 5.13 Å². The molecule has 1 aliphatic rings. The normalized spacial score (nSPS) is 18.2. The Hall–Kier alpha value is -1.73. The van der Waals surface area contributed by atoms with Gasteiger partial charge < -0.3 is 0 Å². The molecule has 1 saturated heterocycles. The SMILES string of the molecule is CC(=O)SC1CC(=O)N(c2nc(-c3ccccc3)ns2)C1. The zero-order valence-electron chi connectivity index (χ0n) is 11.4. The van der Waals surface area contributed by atoms with Gasteiger partial charge in [0.25, 0.3) is 0 Å². The number of carbonyl (C=O) groups is 2. The molecule has 0 N–H and O–H groups in total. The summed E-state index contributed by atoms with van der Waals surface area (Å²) in [7, 11) is 0. The number of benzene rings is 1. The van der Waals surface area contributed by atoms with Gasteiger partial charge in [-0.15, -0.1) is 0 Å². The molecule has 2 aromatic rings. The lowest BCUT2D eigenvalue weighted by atomic mass is 10.2. The third kappa shape index (κ3) is 3.14. The molecule has 1 fully saturated rings. The van der Waals surface area contributed by atoms with Crippen LogP contribution in [-0.2, 0) is 9.59 Å². The summed E-state index contributed by atoms with van der Waals surface area (Å²) in [5.74, 6) is 0.635. The molecule has 0 bridgehead atoms. The highest BCUT2D eigenvalue weighted by molar-refractivity contribution is 8.14. The van der Waals surface area contributed by atoms with Gasteiger partial charge in [-0.25, -0.2) is 0 Å². The third-order valence-electron chi connectivity index (χ3n) is 3.10. The highest BCUT2D eigenvalue weighted by Crippen LogP contribution is 2.31. The first kappa shape index (κ1) is 14.2. The van der Waals surface area contributed by atoms with Crippen LogP contribution in [0.25, 0.3) is 11.4 Å². The number of thioether (sulfide) groups is 1. The van der Waals surface area contributed by atoms with E-state index < -0.39 is 0 Å². The summed E-state index contributed by atoms with van der Waals surface area (Å²) in [5.41, 5.74) is 0.932. The lowest BCUT2D eigenvalue weighted by Gasteiger charge is -2.11. The molecule has 21 heavy (non-hydrogen) atoms. The molecule has 1 atom stereocenters. The van der Waals surface area contributed by atoms with Crippen molar-refractivity contribution < 1.29 is 9.59 Å². The lowest BCUT2D eigenvalue weighted by Crippen LogP contribution is -2.24. The average molecular weight is 319 g/mol. The molecular formula is C14H13N3O2S2. The van der Waals surface area contributed by atoms with E-state index >= 15 is 0 Å². The highest BCUT2D eigenvalue weighted by atomic mass is 32.2. The van der Waals surface area contributed by atoms with Crippen LogP contribution in [0.5, 0.6) is 0 Å². The van der Waals surface area contributed by atoms with Gasteiger partial charge in [0.05, 0.1) is 0 Å². The number of rotatable bonds is 3. The van der Waals surface area contributed by atoms with Crippen molar-refractivity contribution in [2.75, 3.05) is 11.4 Å². The van der Waals surface area contributed by atoms with Crippen LogP contribution in [0.1, 0.15) is 13.3 Å². The molecule has 2 heterocycles. The zero-order chi connectivity index (χ0) is 14.8. The molecule has 0 spiro atoms. The van der Waals surface area contributed by atoms with E-state index in [2.05, 4.69) is 9.36 Å². The molecule has 1 aromatic heterocycles. The van der Waals surface area contributed by atoms with E-state index in [0.717, 1.165) is 5.56 Å². The predicted octanol–water partition coefficient (Wildman–Crippen LogP) is 2.59. The van der Waals surface area contributed by atoms with E-state index in [1.54, 1.807) is 4.90 Å². The second kappa shape index (κ2) is 5.95. The maximum atomic E-state index is 12.1. The second-order valence-electron chi connectivity index (χ2n) is 4.71. The van der Waals surface area contributed by atoms with Crippen molar-refractivity contribution in [2.45, 2.75) is 18.6 Å². The Kier molecular flexibility index (Phi) is 4.03. The van der Waals surface area contributed by atoms with Gasteiger partial charge in [0, 0.05) is 42.2 Å². The molecule has 7 heteroatoms. The van der Waals surface area contributed by atoms with Crippen molar-refractivity contribution >= 4 is 39.4 Å². The Balaban J connectivity index is 1.78. The Morgan fingerprint density at radius 3 is 2.86 bits per heavy atom. The number of nitrogens with zero attached hydrogens (tertiary/aromatic N) is 3. The van der Waals surface area contributed by atoms with Crippen LogP contribution in [0.15, 0.2) is 30.3 Å². The summed E-state index contributed by atoms with van der Waals surface area (Å²) >= 11 is 2.44. The smallest absolute Gasteiger partial charge is 0.230 e. The fourth-order valence-corrected chi connectivity index (χ4v) is 3.84. The minimum absolute atomic E-state index is 0.00418. The Bertz CT molecular complexity index is 672. The third-order valence-corrected chi connectivity index (χ3v) is 4.82. The summed E-state index contributed by atoms with van der Waals surface area (Å²) in [6, 6.07) is 9.66. The number of carbonyl (C=O) groups excluding carboxylic acids is 2. The summed E-state index contributed by atoms with van der Waals surface area (Å²) in [6.07, 6.45) is 0.379. The van der Waals surface area contributed by atoms with Crippen molar-refractivity contribution in [3.8, 4) is 11.4 Å². The van der Waals surface area contributed by atoms with E-state index in [1.165, 1.54) is 30.2 Å². The van der Waals surface area contributed by atoms with Gasteiger partial charge in [-0.05, 0) is 0 Å². The largest absolute Gasteiger partial charge is 0.288 e. The van der Waals surface area contributed by atoms with Gasteiger partial charge in [0.2, 0.25) is 11.0 Å². The van der Waals surface area contributed by atoms with Crippen LogP contribution in [0.3, 0.4) is 0 Å². The van der Waals surface area contributed by atoms with E-state index in [0.29, 0.717) is 23.9 Å². The van der Waals surface area contributed by atoms with Crippen molar-refractivity contribution in [3.63, 3.8) is 0 Å². The standard InChI is InChI=1S/C14H13N3O2S2/c1-9(18)20-11-7-12(19)17(8-11)14-15-13(16-21-14)10-5-3-2-4-6-10/h2-6,11H,7-8H2,1H3. The number of amides is 1. The van der Waals surface area contributed by atoms with Gasteiger partial charge in [-0.2, -0.15) is 9.36 Å². The molecule has 0 saturated carbocycles. The first-order valence-corrected chi connectivity index (χ1v) is 8.15. The topological polar surface area (TPSA) is 63.2 Å². The molecule has 1 unspecified atom stereocenters. The molecule has 1 aliphatic heterocycles. The minimum atomic E-state index is 0.00418. The van der Waals surface area contributed by atoms with Gasteiger partial charge in [-0.1, -0.05) is 42.1 Å². The highest BCUT2D eigenvalue weighted by Gasteiger charge is 2.33. The maximum Gasteiger partial charge on any atom is 0.230 e. The number of hydrogen-bond donors (Lipinski definition) is 0. The van der Waals surface area contributed by atoms with Gasteiger partial charge >= 0.3 is 0 Å². The predicted molar refractivity (Wildman–Crippen MR) is 84.4 cm³/mol.